The van der Waals surface area contributed by atoms with Gasteiger partial charge in [0, 0.05) is 11.1 Å². The van der Waals surface area contributed by atoms with Gasteiger partial charge in [0.1, 0.15) is 17.2 Å². The van der Waals surface area contributed by atoms with Gasteiger partial charge in [-0.3, -0.25) is 9.59 Å². The average Bonchev–Trinajstić information content (AvgIpc) is 3.62. The molecule has 0 saturated carbocycles. The minimum absolute atomic E-state index is 0.0809. The summed E-state index contributed by atoms with van der Waals surface area (Å²) in [6.07, 6.45) is -1.85. The normalized spacial score (nSPS) is 12.9. The van der Waals surface area contributed by atoms with Gasteiger partial charge in [-0.2, -0.15) is 18.3 Å². The van der Waals surface area contributed by atoms with Gasteiger partial charge in [-0.1, -0.05) is 36.4 Å². The van der Waals surface area contributed by atoms with Crippen molar-refractivity contribution in [3.8, 4) is 22.8 Å². The molecule has 11 heteroatoms. The molecule has 2 heterocycles. The van der Waals surface area contributed by atoms with Crippen LogP contribution in [0.5, 0.6) is 11.5 Å². The summed E-state index contributed by atoms with van der Waals surface area (Å²) >= 11 is 0. The highest BCUT2D eigenvalue weighted by atomic mass is 19.4. The van der Waals surface area contributed by atoms with Crippen molar-refractivity contribution in [3.63, 3.8) is 0 Å². The van der Waals surface area contributed by atoms with Gasteiger partial charge in [-0.05, 0) is 60.2 Å². The zero-order valence-corrected chi connectivity index (χ0v) is 20.6. The van der Waals surface area contributed by atoms with Crippen molar-refractivity contribution in [3.05, 3.63) is 113 Å². The Balaban J connectivity index is 1.32. The van der Waals surface area contributed by atoms with E-state index in [4.69, 9.17) is 13.9 Å². The topological polar surface area (TPSA) is 102 Å². The SMILES string of the molecule is O=C(NN=Cc1ccc(-c2cccc(C(F)(F)F)c2)o1)C(=Cc1ccc2c(c1)OCO2)NC(=O)c1ccccc1. The second-order valence-electron chi connectivity index (χ2n) is 8.47. The quantitative estimate of drug-likeness (QED) is 0.178. The lowest BCUT2D eigenvalue weighted by molar-refractivity contribution is -0.137. The molecule has 1 aliphatic rings. The van der Waals surface area contributed by atoms with Crippen molar-refractivity contribution in [1.82, 2.24) is 10.7 Å². The molecule has 1 aromatic heterocycles. The molecule has 0 radical (unpaired) electrons. The van der Waals surface area contributed by atoms with E-state index in [-0.39, 0.29) is 29.6 Å². The van der Waals surface area contributed by atoms with Crippen LogP contribution >= 0.6 is 0 Å². The van der Waals surface area contributed by atoms with E-state index in [0.717, 1.165) is 12.1 Å². The Labute approximate surface area is 225 Å². The third kappa shape index (κ3) is 6.21. The van der Waals surface area contributed by atoms with E-state index in [1.165, 1.54) is 36.6 Å². The molecule has 0 atom stereocenters. The molecule has 0 saturated heterocycles. The number of nitrogens with one attached hydrogen (secondary N) is 2. The molecule has 2 N–H and O–H groups in total. The monoisotopic (exact) mass is 547 g/mol. The number of benzene rings is 3. The predicted octanol–water partition coefficient (Wildman–Crippen LogP) is 5.62. The van der Waals surface area contributed by atoms with E-state index in [2.05, 4.69) is 15.8 Å². The first-order valence-corrected chi connectivity index (χ1v) is 11.8. The average molecular weight is 547 g/mol. The first-order chi connectivity index (χ1) is 19.3. The van der Waals surface area contributed by atoms with Crippen LogP contribution in [0.15, 0.2) is 100 Å². The maximum absolute atomic E-state index is 13.0. The number of halogens is 3. The summed E-state index contributed by atoms with van der Waals surface area (Å²) in [5.41, 5.74) is 2.55. The smallest absolute Gasteiger partial charge is 0.416 e. The van der Waals surface area contributed by atoms with Gasteiger partial charge in [0.2, 0.25) is 6.79 Å². The molecule has 0 bridgehead atoms. The Morgan fingerprint density at radius 2 is 1.68 bits per heavy atom. The molecular weight excluding hydrogens is 527 g/mol. The second kappa shape index (κ2) is 11.2. The van der Waals surface area contributed by atoms with Crippen LogP contribution in [0.3, 0.4) is 0 Å². The summed E-state index contributed by atoms with van der Waals surface area (Å²) in [4.78, 5) is 25.8. The van der Waals surface area contributed by atoms with E-state index in [9.17, 15) is 22.8 Å². The van der Waals surface area contributed by atoms with Crippen molar-refractivity contribution in [2.45, 2.75) is 6.18 Å². The summed E-state index contributed by atoms with van der Waals surface area (Å²) in [6, 6.07) is 21.1. The van der Waals surface area contributed by atoms with Gasteiger partial charge in [0.25, 0.3) is 11.8 Å². The number of carbonyl (C=O) groups excluding carboxylic acids is 2. The second-order valence-corrected chi connectivity index (χ2v) is 8.47. The number of furan rings is 1. The number of hydrogen-bond acceptors (Lipinski definition) is 6. The maximum Gasteiger partial charge on any atom is 0.416 e. The summed E-state index contributed by atoms with van der Waals surface area (Å²) < 4.78 is 55.3. The number of hydrazone groups is 1. The predicted molar refractivity (Wildman–Crippen MR) is 139 cm³/mol. The Kier molecular flexibility index (Phi) is 7.36. The van der Waals surface area contributed by atoms with Crippen LogP contribution < -0.4 is 20.2 Å². The molecule has 5 rings (SSSR count). The van der Waals surface area contributed by atoms with Crippen LogP contribution in [-0.4, -0.2) is 24.8 Å². The summed E-state index contributed by atoms with van der Waals surface area (Å²) in [5, 5.41) is 6.46. The molecule has 3 aromatic carbocycles. The number of nitrogens with zero attached hydrogens (tertiary/aromatic N) is 1. The van der Waals surface area contributed by atoms with Gasteiger partial charge in [0.05, 0.1) is 11.8 Å². The highest BCUT2D eigenvalue weighted by Gasteiger charge is 2.30. The third-order valence-electron chi connectivity index (χ3n) is 5.70. The molecule has 2 amide bonds. The maximum atomic E-state index is 13.0. The van der Waals surface area contributed by atoms with Crippen molar-refractivity contribution < 1.29 is 36.7 Å². The Hall–Kier alpha value is -5.32. The van der Waals surface area contributed by atoms with Gasteiger partial charge < -0.3 is 19.2 Å². The van der Waals surface area contributed by atoms with Gasteiger partial charge in [-0.15, -0.1) is 0 Å². The molecule has 0 fully saturated rings. The number of fused-ring (bicyclic) bond motifs is 1. The van der Waals surface area contributed by atoms with Crippen LogP contribution in [0.2, 0.25) is 0 Å². The lowest BCUT2D eigenvalue weighted by atomic mass is 10.1. The number of rotatable bonds is 7. The third-order valence-corrected chi connectivity index (χ3v) is 5.70. The number of carbonyl (C=O) groups is 2. The van der Waals surface area contributed by atoms with E-state index in [0.29, 0.717) is 22.6 Å². The van der Waals surface area contributed by atoms with E-state index < -0.39 is 23.6 Å². The van der Waals surface area contributed by atoms with Crippen molar-refractivity contribution in [2.75, 3.05) is 6.79 Å². The molecule has 0 unspecified atom stereocenters. The standard InChI is InChI=1S/C29H20F3N3O5/c30-29(31,32)21-8-4-7-20(15-21)24-12-10-22(40-24)16-33-35-28(37)23(34-27(36)19-5-2-1-3-6-19)13-18-9-11-25-26(14-18)39-17-38-25/h1-16H,17H2,(H,34,36)(H,35,37). The Bertz CT molecular complexity index is 1610. The van der Waals surface area contributed by atoms with Crippen LogP contribution in [-0.2, 0) is 11.0 Å². The fraction of sp³-hybridized carbons (Fsp3) is 0.0690. The van der Waals surface area contributed by atoms with Gasteiger partial charge >= 0.3 is 6.18 Å². The molecule has 0 aliphatic carbocycles. The summed E-state index contributed by atoms with van der Waals surface area (Å²) in [6.45, 7) is 0.0809. The van der Waals surface area contributed by atoms with Crippen LogP contribution in [0, 0.1) is 0 Å². The van der Waals surface area contributed by atoms with Gasteiger partial charge in [0.15, 0.2) is 11.5 Å². The molecule has 1 aliphatic heterocycles. The first kappa shape index (κ1) is 26.3. The summed E-state index contributed by atoms with van der Waals surface area (Å²) in [7, 11) is 0. The Morgan fingerprint density at radius 3 is 2.48 bits per heavy atom. The molecule has 4 aromatic rings. The zero-order valence-electron chi connectivity index (χ0n) is 20.6. The fourth-order valence-corrected chi connectivity index (χ4v) is 3.75. The molecule has 8 nitrogen and oxygen atoms in total. The van der Waals surface area contributed by atoms with Crippen LogP contribution in [0.4, 0.5) is 13.2 Å². The highest BCUT2D eigenvalue weighted by Crippen LogP contribution is 2.34. The van der Waals surface area contributed by atoms with Gasteiger partial charge in [-0.25, -0.2) is 5.43 Å². The minimum Gasteiger partial charge on any atom is -0.455 e. The molecule has 202 valence electrons. The van der Waals surface area contributed by atoms with E-state index in [1.54, 1.807) is 48.5 Å². The zero-order chi connectivity index (χ0) is 28.1. The van der Waals surface area contributed by atoms with E-state index in [1.807, 2.05) is 0 Å². The lowest BCUT2D eigenvalue weighted by Gasteiger charge is -2.09. The number of hydrogen-bond donors (Lipinski definition) is 2. The van der Waals surface area contributed by atoms with Crippen molar-refractivity contribution >= 4 is 24.1 Å². The largest absolute Gasteiger partial charge is 0.455 e. The number of alkyl halides is 3. The van der Waals surface area contributed by atoms with Crippen LogP contribution in [0.1, 0.15) is 27.2 Å². The van der Waals surface area contributed by atoms with Crippen LogP contribution in [0.25, 0.3) is 17.4 Å². The molecule has 40 heavy (non-hydrogen) atoms. The summed E-state index contributed by atoms with van der Waals surface area (Å²) in [5.74, 6) is 0.186. The van der Waals surface area contributed by atoms with E-state index >= 15 is 0 Å². The molecular formula is C29H20F3N3O5. The number of amides is 2. The molecule has 0 spiro atoms. The lowest BCUT2D eigenvalue weighted by Crippen LogP contribution is -2.32. The van der Waals surface area contributed by atoms with Crippen molar-refractivity contribution in [2.24, 2.45) is 5.10 Å². The number of ether oxygens (including phenoxy) is 2. The fourth-order valence-electron chi connectivity index (χ4n) is 3.75. The first-order valence-electron chi connectivity index (χ1n) is 11.8. The highest BCUT2D eigenvalue weighted by molar-refractivity contribution is 6.05. The van der Waals surface area contributed by atoms with Crippen molar-refractivity contribution in [1.29, 1.82) is 0 Å². The Morgan fingerprint density at radius 1 is 0.875 bits per heavy atom. The minimum atomic E-state index is -4.49.